The highest BCUT2D eigenvalue weighted by atomic mass is 16.2. The monoisotopic (exact) mass is 250 g/mol. The Morgan fingerprint density at radius 1 is 1.50 bits per heavy atom. The van der Waals surface area contributed by atoms with Crippen LogP contribution in [-0.4, -0.2) is 23.1 Å². The van der Waals surface area contributed by atoms with E-state index in [0.717, 1.165) is 18.8 Å². The van der Waals surface area contributed by atoms with Crippen LogP contribution in [0.4, 0.5) is 0 Å². The van der Waals surface area contributed by atoms with Crippen molar-refractivity contribution in [3.63, 3.8) is 0 Å². The zero-order valence-electron chi connectivity index (χ0n) is 11.0. The third kappa shape index (κ3) is 3.58. The van der Waals surface area contributed by atoms with Crippen LogP contribution in [0.3, 0.4) is 0 Å². The van der Waals surface area contributed by atoms with Crippen molar-refractivity contribution >= 4 is 5.91 Å². The van der Waals surface area contributed by atoms with Crippen molar-refractivity contribution in [2.24, 2.45) is 5.92 Å². The van der Waals surface area contributed by atoms with Gasteiger partial charge in [-0.25, -0.2) is 5.43 Å². The Morgan fingerprint density at radius 2 is 2.33 bits per heavy atom. The summed E-state index contributed by atoms with van der Waals surface area (Å²) in [5.41, 5.74) is 6.96. The third-order valence-corrected chi connectivity index (χ3v) is 3.22. The van der Waals surface area contributed by atoms with E-state index in [2.05, 4.69) is 35.0 Å². The fourth-order valence-electron chi connectivity index (χ4n) is 2.15. The molecule has 4 N–H and O–H groups in total. The predicted molar refractivity (Wildman–Crippen MR) is 70.8 cm³/mol. The van der Waals surface area contributed by atoms with Crippen LogP contribution in [0.1, 0.15) is 43.6 Å². The van der Waals surface area contributed by atoms with E-state index in [1.807, 2.05) is 6.07 Å². The molecule has 2 rings (SSSR count). The summed E-state index contributed by atoms with van der Waals surface area (Å²) in [6.45, 7) is 4.46. The predicted octanol–water partition coefficient (Wildman–Crippen LogP) is 1.37. The molecule has 1 aromatic heterocycles. The molecular weight excluding hydrogens is 228 g/mol. The molecule has 2 unspecified atom stereocenters. The van der Waals surface area contributed by atoms with Gasteiger partial charge in [0.2, 0.25) is 0 Å². The second-order valence-corrected chi connectivity index (χ2v) is 5.30. The molecule has 0 spiro atoms. The largest absolute Gasteiger partial charge is 0.357 e. The van der Waals surface area contributed by atoms with Gasteiger partial charge in [-0.15, -0.1) is 0 Å². The van der Waals surface area contributed by atoms with Crippen LogP contribution in [0.25, 0.3) is 0 Å². The number of aromatic nitrogens is 1. The maximum Gasteiger partial charge on any atom is 0.268 e. The van der Waals surface area contributed by atoms with Crippen molar-refractivity contribution in [2.45, 2.75) is 45.3 Å². The molecule has 100 valence electrons. The molecular formula is C13H22N4O. The molecule has 5 nitrogen and oxygen atoms in total. The number of nitrogens with one attached hydrogen (secondary N) is 4. The second-order valence-electron chi connectivity index (χ2n) is 5.30. The number of carbonyl (C=O) groups is 1. The van der Waals surface area contributed by atoms with Gasteiger partial charge < -0.3 is 10.3 Å². The minimum Gasteiger partial charge on any atom is -0.357 e. The topological polar surface area (TPSA) is 69.0 Å². The van der Waals surface area contributed by atoms with Crippen molar-refractivity contribution in [1.82, 2.24) is 21.2 Å². The van der Waals surface area contributed by atoms with Crippen molar-refractivity contribution in [3.8, 4) is 0 Å². The highest BCUT2D eigenvalue weighted by Gasteiger charge is 2.25. The molecule has 5 heteroatoms. The van der Waals surface area contributed by atoms with E-state index in [1.165, 1.54) is 6.42 Å². The quantitative estimate of drug-likeness (QED) is 0.638. The first-order valence-electron chi connectivity index (χ1n) is 6.60. The molecule has 1 aliphatic rings. The van der Waals surface area contributed by atoms with E-state index >= 15 is 0 Å². The van der Waals surface area contributed by atoms with E-state index in [0.29, 0.717) is 11.7 Å². The Morgan fingerprint density at radius 3 is 3.00 bits per heavy atom. The lowest BCUT2D eigenvalue weighted by Gasteiger charge is -2.11. The molecule has 0 aromatic carbocycles. The summed E-state index contributed by atoms with van der Waals surface area (Å²) < 4.78 is 0. The molecule has 0 saturated carbocycles. The summed E-state index contributed by atoms with van der Waals surface area (Å²) in [7, 11) is 0. The van der Waals surface area contributed by atoms with Gasteiger partial charge in [0.15, 0.2) is 0 Å². The zero-order valence-corrected chi connectivity index (χ0v) is 11.0. The molecule has 1 aromatic rings. The van der Waals surface area contributed by atoms with E-state index in [-0.39, 0.29) is 12.1 Å². The summed E-state index contributed by atoms with van der Waals surface area (Å²) in [5.74, 6) is 0.656. The molecule has 1 aliphatic heterocycles. The van der Waals surface area contributed by atoms with E-state index in [9.17, 15) is 4.79 Å². The highest BCUT2D eigenvalue weighted by molar-refractivity contribution is 5.92. The highest BCUT2D eigenvalue weighted by Crippen LogP contribution is 2.13. The number of hydrazine groups is 1. The van der Waals surface area contributed by atoms with Crippen LogP contribution < -0.4 is 16.2 Å². The van der Waals surface area contributed by atoms with Gasteiger partial charge >= 0.3 is 0 Å². The molecule has 2 heterocycles. The van der Waals surface area contributed by atoms with Crippen LogP contribution in [0.2, 0.25) is 0 Å². The van der Waals surface area contributed by atoms with Crippen LogP contribution in [-0.2, 0) is 0 Å². The van der Waals surface area contributed by atoms with E-state index < -0.39 is 0 Å². The second kappa shape index (κ2) is 6.02. The summed E-state index contributed by atoms with van der Waals surface area (Å²) in [4.78, 5) is 14.7. The minimum absolute atomic E-state index is 0.0120. The Kier molecular flexibility index (Phi) is 4.38. The third-order valence-electron chi connectivity index (χ3n) is 3.22. The fourth-order valence-corrected chi connectivity index (χ4v) is 2.15. The molecule has 0 aliphatic carbocycles. The van der Waals surface area contributed by atoms with Gasteiger partial charge in [0, 0.05) is 12.2 Å². The van der Waals surface area contributed by atoms with E-state index in [1.54, 1.807) is 12.3 Å². The SMILES string of the molecule is CC(C)CCC1CC(NC(=O)c2ccc[nH]2)NN1. The Hall–Kier alpha value is -1.33. The number of amides is 1. The van der Waals surface area contributed by atoms with E-state index in [4.69, 9.17) is 0 Å². The van der Waals surface area contributed by atoms with Crippen molar-refractivity contribution in [2.75, 3.05) is 0 Å². The average molecular weight is 250 g/mol. The Balaban J connectivity index is 1.74. The molecule has 1 fully saturated rings. The van der Waals surface area contributed by atoms with Gasteiger partial charge in [-0.1, -0.05) is 13.8 Å². The van der Waals surface area contributed by atoms with Crippen molar-refractivity contribution in [1.29, 1.82) is 0 Å². The van der Waals surface area contributed by atoms with Gasteiger partial charge in [0.25, 0.3) is 5.91 Å². The first-order valence-corrected chi connectivity index (χ1v) is 6.60. The summed E-state index contributed by atoms with van der Waals surface area (Å²) >= 11 is 0. The minimum atomic E-state index is -0.0659. The van der Waals surface area contributed by atoms with Crippen LogP contribution in [0.15, 0.2) is 18.3 Å². The fraction of sp³-hybridized carbons (Fsp3) is 0.615. The van der Waals surface area contributed by atoms with Crippen molar-refractivity contribution in [3.05, 3.63) is 24.0 Å². The molecule has 18 heavy (non-hydrogen) atoms. The Bertz CT molecular complexity index is 374. The first kappa shape index (κ1) is 13.1. The number of hydrogen-bond donors (Lipinski definition) is 4. The molecule has 2 atom stereocenters. The Labute approximate surface area is 108 Å². The first-order chi connectivity index (χ1) is 8.65. The maximum absolute atomic E-state index is 11.8. The molecule has 0 radical (unpaired) electrons. The number of aromatic amines is 1. The summed E-state index contributed by atoms with van der Waals surface area (Å²) in [5, 5.41) is 2.96. The summed E-state index contributed by atoms with van der Waals surface area (Å²) in [6, 6.07) is 4.04. The zero-order chi connectivity index (χ0) is 13.0. The lowest BCUT2D eigenvalue weighted by Crippen LogP contribution is -2.44. The lowest BCUT2D eigenvalue weighted by molar-refractivity contribution is 0.0928. The van der Waals surface area contributed by atoms with Crippen LogP contribution in [0, 0.1) is 5.92 Å². The number of rotatable bonds is 5. The van der Waals surface area contributed by atoms with Crippen LogP contribution >= 0.6 is 0 Å². The maximum atomic E-state index is 11.8. The molecule has 1 amide bonds. The van der Waals surface area contributed by atoms with Crippen LogP contribution in [0.5, 0.6) is 0 Å². The van der Waals surface area contributed by atoms with Gasteiger partial charge in [0.1, 0.15) is 5.69 Å². The van der Waals surface area contributed by atoms with Gasteiger partial charge in [0.05, 0.1) is 6.17 Å². The summed E-state index contributed by atoms with van der Waals surface area (Å²) in [6.07, 6.45) is 5.04. The van der Waals surface area contributed by atoms with Gasteiger partial charge in [-0.05, 0) is 37.3 Å². The standard InChI is InChI=1S/C13H22N4O/c1-9(2)5-6-10-8-12(17-16-10)15-13(18)11-4-3-7-14-11/h3-4,7,9-10,12,14,16-17H,5-6,8H2,1-2H3,(H,15,18). The van der Waals surface area contributed by atoms with Gasteiger partial charge in [-0.2, -0.15) is 0 Å². The smallest absolute Gasteiger partial charge is 0.268 e. The number of hydrogen-bond acceptors (Lipinski definition) is 3. The van der Waals surface area contributed by atoms with Gasteiger partial charge in [-0.3, -0.25) is 10.2 Å². The molecule has 1 saturated heterocycles. The number of H-pyrrole nitrogens is 1. The number of carbonyl (C=O) groups excluding carboxylic acids is 1. The normalized spacial score (nSPS) is 23.5. The average Bonchev–Trinajstić information content (AvgIpc) is 2.97. The molecule has 0 bridgehead atoms. The van der Waals surface area contributed by atoms with Crippen molar-refractivity contribution < 1.29 is 4.79 Å². The lowest BCUT2D eigenvalue weighted by atomic mass is 10.0.